The standard InChI is InChI=1S/C18H15O4Si4/c1-4-10-16(11-5-1)25-20-23-19-24-21-26(22-25,17-12-6-2-7-13-17)18-14-8-3-9-15-18/h1-15H. The van der Waals surface area contributed by atoms with Gasteiger partial charge in [0, 0.05) is 0 Å². The summed E-state index contributed by atoms with van der Waals surface area (Å²) in [4.78, 5) is 0. The van der Waals surface area contributed by atoms with Gasteiger partial charge < -0.3 is 16.5 Å². The first-order chi connectivity index (χ1) is 12.9. The third-order valence-corrected chi connectivity index (χ3v) is 12.1. The van der Waals surface area contributed by atoms with E-state index in [4.69, 9.17) is 16.5 Å². The highest BCUT2D eigenvalue weighted by atomic mass is 28.5. The Kier molecular flexibility index (Phi) is 5.72. The number of hydrogen-bond donors (Lipinski definition) is 0. The third-order valence-electron chi connectivity index (χ3n) is 3.96. The van der Waals surface area contributed by atoms with Gasteiger partial charge in [-0.25, -0.2) is 0 Å². The first-order valence-electron chi connectivity index (χ1n) is 8.12. The summed E-state index contributed by atoms with van der Waals surface area (Å²) in [5, 5.41) is 3.15. The van der Waals surface area contributed by atoms with Crippen LogP contribution in [0.15, 0.2) is 91.0 Å². The van der Waals surface area contributed by atoms with Gasteiger partial charge in [0.25, 0.3) is 0 Å². The minimum Gasteiger partial charge on any atom is -0.412 e. The average Bonchev–Trinajstić information content (AvgIpc) is 2.70. The van der Waals surface area contributed by atoms with Crippen LogP contribution in [0.4, 0.5) is 0 Å². The van der Waals surface area contributed by atoms with Gasteiger partial charge in [-0.05, 0) is 15.6 Å². The molecule has 5 radical (unpaired) electrons. The van der Waals surface area contributed by atoms with Crippen LogP contribution in [0.3, 0.4) is 0 Å². The number of hydrogen-bond acceptors (Lipinski definition) is 4. The second-order valence-corrected chi connectivity index (χ2v) is 12.7. The Balaban J connectivity index is 1.82. The summed E-state index contributed by atoms with van der Waals surface area (Å²) in [6, 6.07) is 30.4. The van der Waals surface area contributed by atoms with Gasteiger partial charge in [-0.1, -0.05) is 91.0 Å². The van der Waals surface area contributed by atoms with Crippen molar-refractivity contribution in [2.75, 3.05) is 0 Å². The van der Waals surface area contributed by atoms with Crippen molar-refractivity contribution < 1.29 is 16.5 Å². The SMILES string of the molecule is c1ccc([Si]2O[Si]O[Si]O[Si](c3ccccc3)(c3ccccc3)O2)cc1. The fourth-order valence-electron chi connectivity index (χ4n) is 2.74. The molecule has 1 heterocycles. The Hall–Kier alpha value is -1.63. The van der Waals surface area contributed by atoms with Gasteiger partial charge in [0.15, 0.2) is 0 Å². The van der Waals surface area contributed by atoms with Crippen LogP contribution in [-0.4, -0.2) is 37.9 Å². The molecule has 0 unspecified atom stereocenters. The van der Waals surface area contributed by atoms with Crippen LogP contribution in [0.1, 0.15) is 0 Å². The molecule has 26 heavy (non-hydrogen) atoms. The van der Waals surface area contributed by atoms with E-state index in [9.17, 15) is 0 Å². The second kappa shape index (κ2) is 8.37. The Morgan fingerprint density at radius 1 is 0.654 bits per heavy atom. The number of rotatable bonds is 3. The molecule has 4 nitrogen and oxygen atoms in total. The van der Waals surface area contributed by atoms with Gasteiger partial charge in [0.2, 0.25) is 0 Å². The van der Waals surface area contributed by atoms with Crippen molar-refractivity contribution in [2.45, 2.75) is 0 Å². The topological polar surface area (TPSA) is 36.9 Å². The number of benzene rings is 3. The van der Waals surface area contributed by atoms with Crippen molar-refractivity contribution in [3.8, 4) is 0 Å². The van der Waals surface area contributed by atoms with E-state index in [0.717, 1.165) is 15.6 Å². The van der Waals surface area contributed by atoms with E-state index in [0.29, 0.717) is 0 Å². The van der Waals surface area contributed by atoms with E-state index >= 15 is 0 Å². The molecule has 127 valence electrons. The quantitative estimate of drug-likeness (QED) is 0.602. The zero-order chi connectivity index (χ0) is 17.7. The Morgan fingerprint density at radius 3 is 1.77 bits per heavy atom. The van der Waals surface area contributed by atoms with Gasteiger partial charge in [-0.3, -0.25) is 0 Å². The fourth-order valence-corrected chi connectivity index (χ4v) is 11.7. The molecule has 1 saturated heterocycles. The molecule has 8 heteroatoms. The van der Waals surface area contributed by atoms with E-state index in [1.165, 1.54) is 0 Å². The highest BCUT2D eigenvalue weighted by Gasteiger charge is 2.47. The van der Waals surface area contributed by atoms with Crippen molar-refractivity contribution in [2.24, 2.45) is 0 Å². The lowest BCUT2D eigenvalue weighted by atomic mass is 10.4. The summed E-state index contributed by atoms with van der Waals surface area (Å²) in [6.45, 7) is 0. The first kappa shape index (κ1) is 17.8. The molecule has 3 aromatic carbocycles. The van der Waals surface area contributed by atoms with Crippen LogP contribution in [0.2, 0.25) is 0 Å². The molecule has 0 aromatic heterocycles. The van der Waals surface area contributed by atoms with Crippen LogP contribution in [-0.2, 0) is 16.5 Å². The minimum absolute atomic E-state index is 0.0826. The molecule has 1 fully saturated rings. The third kappa shape index (κ3) is 3.72. The maximum absolute atomic E-state index is 6.77. The zero-order valence-corrected chi connectivity index (χ0v) is 17.8. The van der Waals surface area contributed by atoms with Crippen LogP contribution in [0.25, 0.3) is 0 Å². The van der Waals surface area contributed by atoms with Crippen molar-refractivity contribution in [3.05, 3.63) is 91.0 Å². The lowest BCUT2D eigenvalue weighted by Gasteiger charge is -2.35. The van der Waals surface area contributed by atoms with Crippen molar-refractivity contribution in [3.63, 3.8) is 0 Å². The second-order valence-electron chi connectivity index (χ2n) is 5.58. The summed E-state index contributed by atoms with van der Waals surface area (Å²) in [5.74, 6) is 0. The maximum atomic E-state index is 6.77. The molecule has 1 aliphatic heterocycles. The summed E-state index contributed by atoms with van der Waals surface area (Å²) >= 11 is 0. The molecule has 0 aliphatic carbocycles. The normalized spacial score (nSPS) is 18.0. The summed E-state index contributed by atoms with van der Waals surface area (Å²) in [5.41, 5.74) is 0. The minimum atomic E-state index is -2.95. The van der Waals surface area contributed by atoms with Gasteiger partial charge in [-0.2, -0.15) is 0 Å². The highest BCUT2D eigenvalue weighted by Crippen LogP contribution is 2.13. The van der Waals surface area contributed by atoms with Crippen molar-refractivity contribution in [1.82, 2.24) is 0 Å². The monoisotopic (exact) mass is 407 g/mol. The van der Waals surface area contributed by atoms with E-state index in [1.807, 2.05) is 66.7 Å². The molecular formula is C18H15O4Si4. The smallest absolute Gasteiger partial charge is 0.412 e. The molecule has 4 rings (SSSR count). The molecule has 0 saturated carbocycles. The largest absolute Gasteiger partial charge is 0.413 e. The summed E-state index contributed by atoms with van der Waals surface area (Å²) < 4.78 is 24.8. The lowest BCUT2D eigenvalue weighted by Crippen LogP contribution is -2.68. The molecule has 0 amide bonds. The van der Waals surface area contributed by atoms with E-state index in [-0.39, 0.29) is 20.0 Å². The van der Waals surface area contributed by atoms with Crippen molar-refractivity contribution in [1.29, 1.82) is 0 Å². The zero-order valence-electron chi connectivity index (χ0n) is 13.8. The van der Waals surface area contributed by atoms with Crippen molar-refractivity contribution >= 4 is 53.4 Å². The molecule has 1 aliphatic rings. The van der Waals surface area contributed by atoms with Crippen LogP contribution < -0.4 is 15.6 Å². The Morgan fingerprint density at radius 2 is 1.19 bits per heavy atom. The summed E-state index contributed by atoms with van der Waals surface area (Å²) in [6.07, 6.45) is 0. The predicted octanol–water partition coefficient (Wildman–Crippen LogP) is 0.787. The van der Waals surface area contributed by atoms with Gasteiger partial charge in [-0.15, -0.1) is 0 Å². The van der Waals surface area contributed by atoms with Crippen LogP contribution in [0, 0.1) is 0 Å². The van der Waals surface area contributed by atoms with E-state index in [1.54, 1.807) is 0 Å². The molecule has 0 N–H and O–H groups in total. The average molecular weight is 408 g/mol. The van der Waals surface area contributed by atoms with Crippen LogP contribution in [0.5, 0.6) is 0 Å². The van der Waals surface area contributed by atoms with E-state index < -0.39 is 17.8 Å². The summed E-state index contributed by atoms with van der Waals surface area (Å²) in [7, 11) is -4.91. The first-order valence-corrected chi connectivity index (χ1v) is 12.9. The maximum Gasteiger partial charge on any atom is 0.413 e. The van der Waals surface area contributed by atoms with Gasteiger partial charge in [0.05, 0.1) is 0 Å². The van der Waals surface area contributed by atoms with Gasteiger partial charge in [0.1, 0.15) is 0 Å². The van der Waals surface area contributed by atoms with Crippen LogP contribution >= 0.6 is 0 Å². The van der Waals surface area contributed by atoms with Gasteiger partial charge >= 0.3 is 37.9 Å². The predicted molar refractivity (Wildman–Crippen MR) is 106 cm³/mol. The molecule has 0 atom stereocenters. The molecule has 0 spiro atoms. The van der Waals surface area contributed by atoms with E-state index in [2.05, 4.69) is 24.3 Å². The highest BCUT2D eigenvalue weighted by molar-refractivity contribution is 6.98. The molecule has 3 aromatic rings. The molecular weight excluding hydrogens is 393 g/mol. The lowest BCUT2D eigenvalue weighted by molar-refractivity contribution is 0.315. The molecule has 0 bridgehead atoms. The fraction of sp³-hybridized carbons (Fsp3) is 0. The Labute approximate surface area is 160 Å². The Bertz CT molecular complexity index is 781.